The molecule has 2 aliphatic rings. The van der Waals surface area contributed by atoms with Gasteiger partial charge in [0.1, 0.15) is 12.0 Å². The Kier molecular flexibility index (Phi) is 8.25. The predicted octanol–water partition coefficient (Wildman–Crippen LogP) is 3.92. The van der Waals surface area contributed by atoms with Gasteiger partial charge in [-0.15, -0.1) is 0 Å². The van der Waals surface area contributed by atoms with E-state index >= 15 is 0 Å². The normalized spacial score (nSPS) is 16.0. The van der Waals surface area contributed by atoms with E-state index in [0.717, 1.165) is 43.7 Å². The molecule has 1 saturated carbocycles. The van der Waals surface area contributed by atoms with Gasteiger partial charge in [-0.25, -0.2) is 13.4 Å². The summed E-state index contributed by atoms with van der Waals surface area (Å²) in [5.74, 6) is 0.489. The van der Waals surface area contributed by atoms with Crippen molar-refractivity contribution < 1.29 is 22.4 Å². The van der Waals surface area contributed by atoms with Crippen molar-refractivity contribution in [2.24, 2.45) is 0 Å². The standard InChI is InChI=1S/C29H37N5O5S/c1-20-13-25(38-4)14-21(2)28(20)40(36,37)34(24-9-10-24)18-27-31-26(19-39-27)29(35)32(3)16-22-7-8-23(30-15-22)17-33-11-5-6-12-33/h7-8,13-15,19,24H,5-6,9-12,16-18H2,1-4H3. The number of hydrogen-bond donors (Lipinski definition) is 0. The molecular weight excluding hydrogens is 530 g/mol. The van der Waals surface area contributed by atoms with E-state index in [1.54, 1.807) is 45.0 Å². The highest BCUT2D eigenvalue weighted by molar-refractivity contribution is 7.89. The van der Waals surface area contributed by atoms with E-state index in [-0.39, 0.29) is 35.0 Å². The van der Waals surface area contributed by atoms with Crippen molar-refractivity contribution in [3.05, 3.63) is 70.7 Å². The average Bonchev–Trinajstić information content (AvgIpc) is 3.41. The van der Waals surface area contributed by atoms with Crippen molar-refractivity contribution in [1.82, 2.24) is 24.1 Å². The Bertz CT molecular complexity index is 1440. The zero-order chi connectivity index (χ0) is 28.4. The zero-order valence-corrected chi connectivity index (χ0v) is 24.4. The van der Waals surface area contributed by atoms with E-state index in [1.807, 2.05) is 18.3 Å². The van der Waals surface area contributed by atoms with Crippen molar-refractivity contribution >= 4 is 15.9 Å². The number of carbonyl (C=O) groups excluding carboxylic acids is 1. The quantitative estimate of drug-likeness (QED) is 0.343. The van der Waals surface area contributed by atoms with Gasteiger partial charge in [-0.05, 0) is 87.5 Å². The van der Waals surface area contributed by atoms with E-state index in [0.29, 0.717) is 23.4 Å². The number of hydrogen-bond acceptors (Lipinski definition) is 8. The molecule has 2 aromatic heterocycles. The van der Waals surface area contributed by atoms with Crippen LogP contribution in [-0.4, -0.2) is 71.7 Å². The van der Waals surface area contributed by atoms with Gasteiger partial charge in [0.25, 0.3) is 5.91 Å². The summed E-state index contributed by atoms with van der Waals surface area (Å²) < 4.78 is 39.9. The van der Waals surface area contributed by atoms with Crippen molar-refractivity contribution in [1.29, 1.82) is 0 Å². The first kappa shape index (κ1) is 28.3. The second-order valence-corrected chi connectivity index (χ2v) is 12.6. The van der Waals surface area contributed by atoms with Gasteiger partial charge >= 0.3 is 0 Å². The number of pyridine rings is 1. The van der Waals surface area contributed by atoms with E-state index in [2.05, 4.69) is 14.9 Å². The van der Waals surface area contributed by atoms with Crippen LogP contribution >= 0.6 is 0 Å². The highest BCUT2D eigenvalue weighted by Crippen LogP contribution is 2.36. The Morgan fingerprint density at radius 3 is 2.42 bits per heavy atom. The molecule has 5 rings (SSSR count). The van der Waals surface area contributed by atoms with Crippen molar-refractivity contribution in [3.63, 3.8) is 0 Å². The SMILES string of the molecule is COc1cc(C)c(S(=O)(=O)N(Cc2nc(C(=O)N(C)Cc3ccc(CN4CCCC4)nc3)co2)C2CC2)c(C)c1. The van der Waals surface area contributed by atoms with Crippen LogP contribution in [0.2, 0.25) is 0 Å². The molecule has 0 bridgehead atoms. The lowest BCUT2D eigenvalue weighted by molar-refractivity contribution is 0.0779. The number of aromatic nitrogens is 2. The van der Waals surface area contributed by atoms with Crippen molar-refractivity contribution in [3.8, 4) is 5.75 Å². The lowest BCUT2D eigenvalue weighted by atomic mass is 10.1. The van der Waals surface area contributed by atoms with E-state index < -0.39 is 10.0 Å². The van der Waals surface area contributed by atoms with E-state index in [4.69, 9.17) is 9.15 Å². The molecule has 1 aromatic carbocycles. The monoisotopic (exact) mass is 567 g/mol. The number of oxazole rings is 1. The summed E-state index contributed by atoms with van der Waals surface area (Å²) in [6, 6.07) is 7.33. The van der Waals surface area contributed by atoms with Crippen LogP contribution < -0.4 is 4.74 Å². The van der Waals surface area contributed by atoms with Gasteiger partial charge in [0.15, 0.2) is 5.69 Å². The largest absolute Gasteiger partial charge is 0.497 e. The van der Waals surface area contributed by atoms with Crippen LogP contribution in [0.1, 0.15) is 64.4 Å². The number of nitrogens with zero attached hydrogens (tertiary/aromatic N) is 5. The Hall–Kier alpha value is -3.28. The molecule has 3 aromatic rings. The van der Waals surface area contributed by atoms with Crippen LogP contribution in [0.5, 0.6) is 5.75 Å². The molecule has 11 heteroatoms. The van der Waals surface area contributed by atoms with Crippen molar-refractivity contribution in [2.75, 3.05) is 27.2 Å². The number of ether oxygens (including phenoxy) is 1. The molecule has 1 aliphatic heterocycles. The molecular formula is C29H37N5O5S. The second-order valence-electron chi connectivity index (χ2n) is 10.8. The summed E-state index contributed by atoms with van der Waals surface area (Å²) >= 11 is 0. The third-order valence-electron chi connectivity index (χ3n) is 7.49. The third kappa shape index (κ3) is 6.21. The highest BCUT2D eigenvalue weighted by Gasteiger charge is 2.40. The maximum Gasteiger partial charge on any atom is 0.275 e. The minimum atomic E-state index is -3.83. The summed E-state index contributed by atoms with van der Waals surface area (Å²) in [5.41, 5.74) is 3.31. The average molecular weight is 568 g/mol. The molecule has 1 amide bonds. The Morgan fingerprint density at radius 1 is 1.12 bits per heavy atom. The Labute approximate surface area is 236 Å². The number of amides is 1. The first-order chi connectivity index (χ1) is 19.2. The van der Waals surface area contributed by atoms with Gasteiger partial charge < -0.3 is 14.1 Å². The topological polar surface area (TPSA) is 109 Å². The van der Waals surface area contributed by atoms with E-state index in [1.165, 1.54) is 23.4 Å². The molecule has 1 saturated heterocycles. The van der Waals surface area contributed by atoms with Gasteiger partial charge in [0.2, 0.25) is 15.9 Å². The Balaban J connectivity index is 1.25. The first-order valence-electron chi connectivity index (χ1n) is 13.7. The minimum Gasteiger partial charge on any atom is -0.497 e. The predicted molar refractivity (Wildman–Crippen MR) is 149 cm³/mol. The number of carbonyl (C=O) groups is 1. The molecule has 40 heavy (non-hydrogen) atoms. The highest BCUT2D eigenvalue weighted by atomic mass is 32.2. The number of rotatable bonds is 11. The summed E-state index contributed by atoms with van der Waals surface area (Å²) in [7, 11) is -0.574. The number of sulfonamides is 1. The third-order valence-corrected chi connectivity index (χ3v) is 9.69. The van der Waals surface area contributed by atoms with Crippen LogP contribution in [0.3, 0.4) is 0 Å². The van der Waals surface area contributed by atoms with Crippen LogP contribution in [0, 0.1) is 13.8 Å². The van der Waals surface area contributed by atoms with Gasteiger partial charge in [0, 0.05) is 32.4 Å². The molecule has 0 unspecified atom stereocenters. The van der Waals surface area contributed by atoms with Crippen LogP contribution in [0.25, 0.3) is 0 Å². The molecule has 0 spiro atoms. The molecule has 0 radical (unpaired) electrons. The van der Waals surface area contributed by atoms with E-state index in [9.17, 15) is 13.2 Å². The molecule has 0 atom stereocenters. The minimum absolute atomic E-state index is 0.0443. The van der Waals surface area contributed by atoms with Gasteiger partial charge in [-0.2, -0.15) is 4.31 Å². The fourth-order valence-corrected chi connectivity index (χ4v) is 7.34. The van der Waals surface area contributed by atoms with Gasteiger partial charge in [0.05, 0.1) is 24.2 Å². The Morgan fingerprint density at radius 2 is 1.82 bits per heavy atom. The molecule has 2 fully saturated rings. The summed E-state index contributed by atoms with van der Waals surface area (Å²) in [6.07, 6.45) is 7.13. The molecule has 0 N–H and O–H groups in total. The number of aryl methyl sites for hydroxylation is 2. The van der Waals surface area contributed by atoms with Gasteiger partial charge in [-0.1, -0.05) is 6.07 Å². The second kappa shape index (κ2) is 11.7. The number of likely N-dealkylation sites (tertiary alicyclic amines) is 1. The molecule has 214 valence electrons. The van der Waals surface area contributed by atoms with Crippen LogP contribution in [-0.2, 0) is 29.7 Å². The molecule has 3 heterocycles. The van der Waals surface area contributed by atoms with Crippen LogP contribution in [0.15, 0.2) is 46.0 Å². The summed E-state index contributed by atoms with van der Waals surface area (Å²) in [4.78, 5) is 26.3. The summed E-state index contributed by atoms with van der Waals surface area (Å²) in [6.45, 7) is 6.94. The zero-order valence-electron chi connectivity index (χ0n) is 23.6. The fourth-order valence-electron chi connectivity index (χ4n) is 5.29. The maximum atomic E-state index is 13.8. The van der Waals surface area contributed by atoms with Crippen molar-refractivity contribution in [2.45, 2.75) is 70.1 Å². The molecule has 10 nitrogen and oxygen atoms in total. The fraction of sp³-hybridized carbons (Fsp3) is 0.483. The lowest BCUT2D eigenvalue weighted by Crippen LogP contribution is -2.34. The smallest absolute Gasteiger partial charge is 0.275 e. The lowest BCUT2D eigenvalue weighted by Gasteiger charge is -2.23. The summed E-state index contributed by atoms with van der Waals surface area (Å²) in [5, 5.41) is 0. The first-order valence-corrected chi connectivity index (χ1v) is 15.1. The molecule has 1 aliphatic carbocycles. The number of methoxy groups -OCH3 is 1. The van der Waals surface area contributed by atoms with Crippen LogP contribution in [0.4, 0.5) is 0 Å². The number of benzene rings is 1. The van der Waals surface area contributed by atoms with Gasteiger partial charge in [-0.3, -0.25) is 14.7 Å². The maximum absolute atomic E-state index is 13.8.